The summed E-state index contributed by atoms with van der Waals surface area (Å²) >= 11 is 0. The molecule has 0 aromatic carbocycles. The van der Waals surface area contributed by atoms with Crippen LogP contribution in [0.1, 0.15) is 34.1 Å². The molecule has 0 spiro atoms. The van der Waals surface area contributed by atoms with Crippen LogP contribution in [0.4, 0.5) is 4.79 Å². The van der Waals surface area contributed by atoms with Crippen molar-refractivity contribution in [1.29, 1.82) is 0 Å². The number of hydrogen-bond donors (Lipinski definition) is 2. The molecule has 0 radical (unpaired) electrons. The number of hydrazine groups is 1. The topological polar surface area (TPSA) is 50.4 Å². The lowest BCUT2D eigenvalue weighted by Gasteiger charge is -2.20. The zero-order chi connectivity index (χ0) is 11.2. The van der Waals surface area contributed by atoms with Gasteiger partial charge in [0.15, 0.2) is 0 Å². The second-order valence-electron chi connectivity index (χ2n) is 3.90. The highest BCUT2D eigenvalue weighted by molar-refractivity contribution is 5.67. The van der Waals surface area contributed by atoms with E-state index in [4.69, 9.17) is 11.2 Å². The molecule has 0 aliphatic rings. The Bertz CT molecular complexity index is 225. The molecule has 0 unspecified atom stereocenters. The standard InChI is InChI=1S/C10H18N2O2/c1-6-8(7-2)11-12-9(13)14-10(3,4)5/h1,8,11H,7H2,2-5H3,(H,12,13)/t8-/m0/s1. The van der Waals surface area contributed by atoms with E-state index < -0.39 is 11.7 Å². The molecule has 0 fully saturated rings. The van der Waals surface area contributed by atoms with E-state index >= 15 is 0 Å². The van der Waals surface area contributed by atoms with E-state index in [9.17, 15) is 4.79 Å². The van der Waals surface area contributed by atoms with Crippen LogP contribution in [0.3, 0.4) is 0 Å². The molecule has 0 aliphatic carbocycles. The van der Waals surface area contributed by atoms with Gasteiger partial charge in [0.05, 0.1) is 6.04 Å². The van der Waals surface area contributed by atoms with Crippen molar-refractivity contribution in [2.24, 2.45) is 0 Å². The number of carbonyl (C=O) groups is 1. The van der Waals surface area contributed by atoms with Gasteiger partial charge < -0.3 is 4.74 Å². The van der Waals surface area contributed by atoms with Gasteiger partial charge in [0.1, 0.15) is 5.60 Å². The number of hydrogen-bond acceptors (Lipinski definition) is 3. The Kier molecular flexibility index (Phi) is 5.03. The van der Waals surface area contributed by atoms with Crippen molar-refractivity contribution in [3.05, 3.63) is 0 Å². The van der Waals surface area contributed by atoms with Gasteiger partial charge in [-0.15, -0.1) is 6.42 Å². The van der Waals surface area contributed by atoms with Crippen LogP contribution < -0.4 is 10.9 Å². The van der Waals surface area contributed by atoms with Gasteiger partial charge in [0.25, 0.3) is 0 Å². The van der Waals surface area contributed by atoms with Crippen molar-refractivity contribution in [2.75, 3.05) is 0 Å². The summed E-state index contributed by atoms with van der Waals surface area (Å²) in [4.78, 5) is 11.1. The molecule has 1 atom stereocenters. The van der Waals surface area contributed by atoms with Crippen molar-refractivity contribution in [1.82, 2.24) is 10.9 Å². The van der Waals surface area contributed by atoms with E-state index in [-0.39, 0.29) is 6.04 Å². The number of carbonyl (C=O) groups excluding carboxylic acids is 1. The molecule has 4 nitrogen and oxygen atoms in total. The Morgan fingerprint density at radius 1 is 1.57 bits per heavy atom. The van der Waals surface area contributed by atoms with Crippen LogP contribution in [0, 0.1) is 12.3 Å². The Morgan fingerprint density at radius 2 is 2.14 bits per heavy atom. The van der Waals surface area contributed by atoms with E-state index in [0.717, 1.165) is 6.42 Å². The van der Waals surface area contributed by atoms with Crippen LogP contribution in [-0.4, -0.2) is 17.7 Å². The van der Waals surface area contributed by atoms with Crippen LogP contribution in [0.2, 0.25) is 0 Å². The third-order valence-electron chi connectivity index (χ3n) is 1.36. The molecule has 0 aliphatic heterocycles. The SMILES string of the molecule is C#C[C@@H](CC)NNC(=O)OC(C)(C)C. The van der Waals surface area contributed by atoms with Crippen molar-refractivity contribution >= 4 is 6.09 Å². The molecule has 0 bridgehead atoms. The van der Waals surface area contributed by atoms with Crippen molar-refractivity contribution in [2.45, 2.75) is 45.8 Å². The van der Waals surface area contributed by atoms with Crippen LogP contribution >= 0.6 is 0 Å². The van der Waals surface area contributed by atoms with E-state index in [2.05, 4.69) is 16.8 Å². The summed E-state index contributed by atoms with van der Waals surface area (Å²) in [5.41, 5.74) is 4.57. The number of nitrogens with one attached hydrogen (secondary N) is 2. The third-order valence-corrected chi connectivity index (χ3v) is 1.36. The number of amides is 1. The highest BCUT2D eigenvalue weighted by Gasteiger charge is 2.16. The first-order chi connectivity index (χ1) is 6.39. The minimum absolute atomic E-state index is 0.164. The summed E-state index contributed by atoms with van der Waals surface area (Å²) < 4.78 is 5.00. The van der Waals surface area contributed by atoms with Crippen LogP contribution in [-0.2, 0) is 4.74 Å². The maximum absolute atomic E-state index is 11.1. The quantitative estimate of drug-likeness (QED) is 0.532. The van der Waals surface area contributed by atoms with Gasteiger partial charge in [-0.1, -0.05) is 12.8 Å². The van der Waals surface area contributed by atoms with Gasteiger partial charge in [-0.3, -0.25) is 5.43 Å². The van der Waals surface area contributed by atoms with Crippen molar-refractivity contribution < 1.29 is 9.53 Å². The maximum Gasteiger partial charge on any atom is 0.422 e. The number of ether oxygens (including phenoxy) is 1. The van der Waals surface area contributed by atoms with Gasteiger partial charge in [-0.25, -0.2) is 10.2 Å². The van der Waals surface area contributed by atoms with E-state index in [1.165, 1.54) is 0 Å². The molecule has 2 N–H and O–H groups in total. The summed E-state index contributed by atoms with van der Waals surface area (Å²) in [7, 11) is 0. The molecule has 0 saturated carbocycles. The second kappa shape index (κ2) is 5.51. The van der Waals surface area contributed by atoms with Crippen LogP contribution in [0.25, 0.3) is 0 Å². The lowest BCUT2D eigenvalue weighted by molar-refractivity contribution is 0.0493. The van der Waals surface area contributed by atoms with Crippen LogP contribution in [0.15, 0.2) is 0 Å². The molecule has 0 aromatic heterocycles. The highest BCUT2D eigenvalue weighted by Crippen LogP contribution is 2.05. The predicted molar refractivity (Wildman–Crippen MR) is 55.4 cm³/mol. The van der Waals surface area contributed by atoms with Crippen LogP contribution in [0.5, 0.6) is 0 Å². The largest absolute Gasteiger partial charge is 0.443 e. The minimum Gasteiger partial charge on any atom is -0.443 e. The van der Waals surface area contributed by atoms with E-state index in [0.29, 0.717) is 0 Å². The summed E-state index contributed by atoms with van der Waals surface area (Å²) in [6, 6.07) is -0.164. The lowest BCUT2D eigenvalue weighted by Crippen LogP contribution is -2.45. The second-order valence-corrected chi connectivity index (χ2v) is 3.90. The smallest absolute Gasteiger partial charge is 0.422 e. The predicted octanol–water partition coefficient (Wildman–Crippen LogP) is 1.43. The Morgan fingerprint density at radius 3 is 2.50 bits per heavy atom. The molecule has 0 aromatic rings. The van der Waals surface area contributed by atoms with Gasteiger partial charge >= 0.3 is 6.09 Å². The maximum atomic E-state index is 11.1. The molecular formula is C10H18N2O2. The van der Waals surface area contributed by atoms with E-state index in [1.54, 1.807) is 20.8 Å². The molecule has 14 heavy (non-hydrogen) atoms. The van der Waals surface area contributed by atoms with Gasteiger partial charge in [0.2, 0.25) is 0 Å². The fourth-order valence-electron chi connectivity index (χ4n) is 0.711. The first-order valence-corrected chi connectivity index (χ1v) is 4.59. The zero-order valence-corrected chi connectivity index (χ0v) is 9.18. The Balaban J connectivity index is 3.81. The van der Waals surface area contributed by atoms with Crippen molar-refractivity contribution in [3.63, 3.8) is 0 Å². The van der Waals surface area contributed by atoms with Gasteiger partial charge in [-0.2, -0.15) is 0 Å². The van der Waals surface area contributed by atoms with Gasteiger partial charge in [0, 0.05) is 0 Å². The third kappa shape index (κ3) is 6.32. The number of terminal acetylenes is 1. The summed E-state index contributed by atoms with van der Waals surface area (Å²) in [5.74, 6) is 2.49. The first-order valence-electron chi connectivity index (χ1n) is 4.59. The molecule has 80 valence electrons. The molecule has 4 heteroatoms. The van der Waals surface area contributed by atoms with Crippen molar-refractivity contribution in [3.8, 4) is 12.3 Å². The monoisotopic (exact) mass is 198 g/mol. The van der Waals surface area contributed by atoms with E-state index in [1.807, 2.05) is 6.92 Å². The molecule has 1 amide bonds. The first kappa shape index (κ1) is 12.8. The zero-order valence-electron chi connectivity index (χ0n) is 9.18. The average molecular weight is 198 g/mol. The summed E-state index contributed by atoms with van der Waals surface area (Å²) in [6.45, 7) is 7.31. The normalized spacial score (nSPS) is 12.8. The molecule has 0 heterocycles. The summed E-state index contributed by atoms with van der Waals surface area (Å²) in [6.07, 6.45) is 5.41. The number of rotatable bonds is 3. The highest BCUT2D eigenvalue weighted by atomic mass is 16.6. The average Bonchev–Trinajstić information content (AvgIpc) is 2.03. The molecule has 0 saturated heterocycles. The fraction of sp³-hybridized carbons (Fsp3) is 0.700. The minimum atomic E-state index is -0.522. The fourth-order valence-corrected chi connectivity index (χ4v) is 0.711. The lowest BCUT2D eigenvalue weighted by atomic mass is 10.2. The van der Waals surface area contributed by atoms with Gasteiger partial charge in [-0.05, 0) is 27.2 Å². The molecular weight excluding hydrogens is 180 g/mol. The molecule has 0 rings (SSSR count). The summed E-state index contributed by atoms with van der Waals surface area (Å²) in [5, 5.41) is 0. The Hall–Kier alpha value is -1.21. The Labute approximate surface area is 85.4 Å².